The predicted molar refractivity (Wildman–Crippen MR) is 77.3 cm³/mol. The molecule has 0 aliphatic heterocycles. The van der Waals surface area contributed by atoms with Crippen molar-refractivity contribution in [3.63, 3.8) is 0 Å². The van der Waals surface area contributed by atoms with Gasteiger partial charge in [0.05, 0.1) is 0 Å². The van der Waals surface area contributed by atoms with Gasteiger partial charge in [-0.2, -0.15) is 0 Å². The van der Waals surface area contributed by atoms with Crippen molar-refractivity contribution < 1.29 is 4.79 Å². The topological polar surface area (TPSA) is 41.1 Å². The number of thiophene rings is 1. The van der Waals surface area contributed by atoms with Gasteiger partial charge in [-0.3, -0.25) is 0 Å². The minimum absolute atomic E-state index is 0.0760. The summed E-state index contributed by atoms with van der Waals surface area (Å²) in [5.74, 6) is 0.516. The standard InChI is InChI=1S/C15H16N2OS/c18-15(16-10-11-5-2-1-3-6-11)17-13-9-12(13)14-7-4-8-19-14/h1-8,12-13H,9-10H2,(H2,16,17,18). The van der Waals surface area contributed by atoms with Gasteiger partial charge in [0.15, 0.2) is 0 Å². The zero-order chi connectivity index (χ0) is 13.1. The van der Waals surface area contributed by atoms with Crippen molar-refractivity contribution in [1.82, 2.24) is 10.6 Å². The Morgan fingerprint density at radius 2 is 2.05 bits per heavy atom. The molecule has 0 radical (unpaired) electrons. The molecule has 1 fully saturated rings. The smallest absolute Gasteiger partial charge is 0.315 e. The molecule has 1 aromatic carbocycles. The average molecular weight is 272 g/mol. The van der Waals surface area contributed by atoms with E-state index in [-0.39, 0.29) is 6.03 Å². The number of amides is 2. The van der Waals surface area contributed by atoms with Crippen molar-refractivity contribution in [1.29, 1.82) is 0 Å². The van der Waals surface area contributed by atoms with Crippen LogP contribution in [0.4, 0.5) is 4.79 Å². The Bertz CT molecular complexity index is 539. The Morgan fingerprint density at radius 1 is 1.21 bits per heavy atom. The van der Waals surface area contributed by atoms with Crippen molar-refractivity contribution >= 4 is 17.4 Å². The summed E-state index contributed by atoms with van der Waals surface area (Å²) >= 11 is 1.76. The molecular formula is C15H16N2OS. The predicted octanol–water partition coefficient (Wildman–Crippen LogP) is 3.10. The van der Waals surface area contributed by atoms with Gasteiger partial charge in [0.2, 0.25) is 0 Å². The summed E-state index contributed by atoms with van der Waals surface area (Å²) in [7, 11) is 0. The number of carbonyl (C=O) groups is 1. The molecule has 19 heavy (non-hydrogen) atoms. The molecule has 1 aliphatic carbocycles. The maximum Gasteiger partial charge on any atom is 0.315 e. The molecule has 2 atom stereocenters. The van der Waals surface area contributed by atoms with Gasteiger partial charge in [0.1, 0.15) is 0 Å². The van der Waals surface area contributed by atoms with Gasteiger partial charge in [0, 0.05) is 23.4 Å². The fourth-order valence-electron chi connectivity index (χ4n) is 2.17. The second kappa shape index (κ2) is 5.45. The summed E-state index contributed by atoms with van der Waals surface area (Å²) < 4.78 is 0. The van der Waals surface area contributed by atoms with E-state index in [9.17, 15) is 4.79 Å². The monoisotopic (exact) mass is 272 g/mol. The molecule has 2 unspecified atom stereocenters. The Balaban J connectivity index is 1.43. The van der Waals surface area contributed by atoms with Gasteiger partial charge < -0.3 is 10.6 Å². The highest BCUT2D eigenvalue weighted by molar-refractivity contribution is 7.10. The lowest BCUT2D eigenvalue weighted by Crippen LogP contribution is -2.36. The van der Waals surface area contributed by atoms with Gasteiger partial charge in [-0.25, -0.2) is 4.79 Å². The van der Waals surface area contributed by atoms with E-state index >= 15 is 0 Å². The summed E-state index contributed by atoms with van der Waals surface area (Å²) in [6.45, 7) is 0.572. The highest BCUT2D eigenvalue weighted by atomic mass is 32.1. The molecule has 4 heteroatoms. The number of urea groups is 1. The third-order valence-corrected chi connectivity index (χ3v) is 4.32. The molecule has 1 aliphatic rings. The van der Waals surface area contributed by atoms with Crippen LogP contribution in [0.2, 0.25) is 0 Å². The molecule has 0 spiro atoms. The van der Waals surface area contributed by atoms with Gasteiger partial charge in [-0.1, -0.05) is 36.4 Å². The van der Waals surface area contributed by atoms with Crippen LogP contribution in [0.1, 0.15) is 22.8 Å². The lowest BCUT2D eigenvalue weighted by molar-refractivity contribution is 0.240. The van der Waals surface area contributed by atoms with E-state index < -0.39 is 0 Å². The van der Waals surface area contributed by atoms with Gasteiger partial charge in [-0.15, -0.1) is 11.3 Å². The molecular weight excluding hydrogens is 256 g/mol. The van der Waals surface area contributed by atoms with Crippen LogP contribution >= 0.6 is 11.3 Å². The van der Waals surface area contributed by atoms with E-state index in [1.54, 1.807) is 11.3 Å². The fourth-order valence-corrected chi connectivity index (χ4v) is 3.08. The van der Waals surface area contributed by atoms with Crippen molar-refractivity contribution in [2.45, 2.75) is 24.9 Å². The van der Waals surface area contributed by atoms with Crippen LogP contribution in [0.25, 0.3) is 0 Å². The number of nitrogens with one attached hydrogen (secondary N) is 2. The van der Waals surface area contributed by atoms with Crippen LogP contribution in [-0.4, -0.2) is 12.1 Å². The summed E-state index contributed by atoms with van der Waals surface area (Å²) in [5.41, 5.74) is 1.11. The molecule has 3 rings (SSSR count). The quantitative estimate of drug-likeness (QED) is 0.882. The molecule has 2 N–H and O–H groups in total. The largest absolute Gasteiger partial charge is 0.335 e. The minimum Gasteiger partial charge on any atom is -0.335 e. The van der Waals surface area contributed by atoms with Crippen molar-refractivity contribution in [3.05, 3.63) is 58.3 Å². The first-order valence-electron chi connectivity index (χ1n) is 6.44. The molecule has 0 bridgehead atoms. The molecule has 3 nitrogen and oxygen atoms in total. The van der Waals surface area contributed by atoms with Crippen LogP contribution in [0.15, 0.2) is 47.8 Å². The van der Waals surface area contributed by atoms with E-state index in [0.29, 0.717) is 18.5 Å². The van der Waals surface area contributed by atoms with Crippen LogP contribution in [0.3, 0.4) is 0 Å². The van der Waals surface area contributed by atoms with E-state index in [0.717, 1.165) is 12.0 Å². The zero-order valence-electron chi connectivity index (χ0n) is 10.5. The van der Waals surface area contributed by atoms with Gasteiger partial charge >= 0.3 is 6.03 Å². The molecule has 1 saturated carbocycles. The summed E-state index contributed by atoms with van der Waals surface area (Å²) in [6, 6.07) is 14.4. The number of benzene rings is 1. The minimum atomic E-state index is -0.0760. The highest BCUT2D eigenvalue weighted by Crippen LogP contribution is 2.42. The normalized spacial score (nSPS) is 20.8. The Labute approximate surface area is 116 Å². The van der Waals surface area contributed by atoms with E-state index in [4.69, 9.17) is 0 Å². The lowest BCUT2D eigenvalue weighted by Gasteiger charge is -2.07. The van der Waals surface area contributed by atoms with E-state index in [1.807, 2.05) is 30.3 Å². The summed E-state index contributed by atoms with van der Waals surface area (Å²) in [4.78, 5) is 13.1. The Morgan fingerprint density at radius 3 is 2.79 bits per heavy atom. The molecule has 98 valence electrons. The first-order valence-corrected chi connectivity index (χ1v) is 7.32. The van der Waals surface area contributed by atoms with Crippen LogP contribution < -0.4 is 10.6 Å². The molecule has 1 heterocycles. The second-order valence-electron chi connectivity index (χ2n) is 4.78. The highest BCUT2D eigenvalue weighted by Gasteiger charge is 2.40. The van der Waals surface area contributed by atoms with Crippen LogP contribution in [0.5, 0.6) is 0 Å². The van der Waals surface area contributed by atoms with Gasteiger partial charge in [0.25, 0.3) is 0 Å². The van der Waals surface area contributed by atoms with Crippen molar-refractivity contribution in [2.75, 3.05) is 0 Å². The number of rotatable bonds is 4. The average Bonchev–Trinajstić information content (AvgIpc) is 2.99. The first kappa shape index (κ1) is 12.2. The van der Waals surface area contributed by atoms with Crippen molar-refractivity contribution in [2.24, 2.45) is 0 Å². The second-order valence-corrected chi connectivity index (χ2v) is 5.76. The maximum absolute atomic E-state index is 11.8. The Kier molecular flexibility index (Phi) is 3.51. The first-order chi connectivity index (χ1) is 9.33. The molecule has 1 aromatic heterocycles. The summed E-state index contributed by atoms with van der Waals surface area (Å²) in [5, 5.41) is 7.99. The third kappa shape index (κ3) is 3.15. The van der Waals surface area contributed by atoms with Crippen molar-refractivity contribution in [3.8, 4) is 0 Å². The zero-order valence-corrected chi connectivity index (χ0v) is 11.3. The summed E-state index contributed by atoms with van der Waals surface area (Å²) in [6.07, 6.45) is 1.05. The number of carbonyl (C=O) groups excluding carboxylic acids is 1. The number of hydrogen-bond donors (Lipinski definition) is 2. The van der Waals surface area contributed by atoms with Crippen LogP contribution in [0, 0.1) is 0 Å². The third-order valence-electron chi connectivity index (χ3n) is 3.31. The van der Waals surface area contributed by atoms with Crippen LogP contribution in [-0.2, 0) is 6.54 Å². The Hall–Kier alpha value is -1.81. The number of hydrogen-bond acceptors (Lipinski definition) is 2. The molecule has 0 saturated heterocycles. The molecule has 2 aromatic rings. The SMILES string of the molecule is O=C(NCc1ccccc1)NC1CC1c1cccs1. The van der Waals surface area contributed by atoms with E-state index in [1.165, 1.54) is 4.88 Å². The fraction of sp³-hybridized carbons (Fsp3) is 0.267. The van der Waals surface area contributed by atoms with E-state index in [2.05, 4.69) is 28.1 Å². The molecule has 2 amide bonds. The van der Waals surface area contributed by atoms with Gasteiger partial charge in [-0.05, 0) is 23.4 Å². The maximum atomic E-state index is 11.8. The lowest BCUT2D eigenvalue weighted by atomic mass is 10.2.